The lowest BCUT2D eigenvalue weighted by molar-refractivity contribution is 0.160. The molecule has 0 atom stereocenters. The molecule has 1 aliphatic rings. The van der Waals surface area contributed by atoms with Crippen molar-refractivity contribution in [3.8, 4) is 0 Å². The molecule has 154 valence electrons. The zero-order chi connectivity index (χ0) is 20.6. The normalized spacial score (nSPS) is 15.4. The number of piperazine rings is 1. The fraction of sp³-hybridized carbons (Fsp3) is 0.400. The zero-order valence-electron chi connectivity index (χ0n) is 18.0. The van der Waals surface area contributed by atoms with Gasteiger partial charge in [-0.25, -0.2) is 4.99 Å². The van der Waals surface area contributed by atoms with Gasteiger partial charge < -0.3 is 9.64 Å². The van der Waals surface area contributed by atoms with E-state index in [4.69, 9.17) is 4.74 Å². The Bertz CT molecular complexity index is 851. The van der Waals surface area contributed by atoms with Crippen molar-refractivity contribution in [3.63, 3.8) is 0 Å². The highest BCUT2D eigenvalue weighted by atomic mass is 16.5. The lowest BCUT2D eigenvalue weighted by atomic mass is 10.1. The second-order valence-electron chi connectivity index (χ2n) is 7.90. The molecule has 0 aliphatic carbocycles. The number of ether oxygens (including phenoxy) is 1. The second kappa shape index (κ2) is 10.3. The Hall–Kier alpha value is -2.59. The van der Waals surface area contributed by atoms with Gasteiger partial charge in [0.05, 0.1) is 7.11 Å². The molecule has 4 nitrogen and oxygen atoms in total. The summed E-state index contributed by atoms with van der Waals surface area (Å²) in [7, 11) is 1.70. The quantitative estimate of drug-likeness (QED) is 0.545. The van der Waals surface area contributed by atoms with E-state index in [1.165, 1.54) is 22.3 Å². The van der Waals surface area contributed by atoms with E-state index < -0.39 is 0 Å². The molecule has 1 saturated heterocycles. The van der Waals surface area contributed by atoms with Gasteiger partial charge in [0.15, 0.2) is 0 Å². The average Bonchev–Trinajstić information content (AvgIpc) is 2.71. The number of rotatable bonds is 6. The van der Waals surface area contributed by atoms with Crippen LogP contribution in [0.4, 0.5) is 0 Å². The Morgan fingerprint density at radius 3 is 2.21 bits per heavy atom. The van der Waals surface area contributed by atoms with Crippen molar-refractivity contribution >= 4 is 6.02 Å². The molecule has 0 aromatic heterocycles. The summed E-state index contributed by atoms with van der Waals surface area (Å²) in [6.07, 6.45) is 1.84. The fourth-order valence-electron chi connectivity index (χ4n) is 3.80. The predicted octanol–water partition coefficient (Wildman–Crippen LogP) is 4.22. The van der Waals surface area contributed by atoms with Crippen LogP contribution in [-0.2, 0) is 17.6 Å². The van der Waals surface area contributed by atoms with Crippen LogP contribution in [0.25, 0.3) is 0 Å². The van der Waals surface area contributed by atoms with Gasteiger partial charge >= 0.3 is 0 Å². The number of hydrogen-bond donors (Lipinski definition) is 0. The van der Waals surface area contributed by atoms with E-state index in [1.54, 1.807) is 7.11 Å². The topological polar surface area (TPSA) is 28.1 Å². The number of nitrogens with zero attached hydrogens (tertiary/aromatic N) is 3. The van der Waals surface area contributed by atoms with Crippen LogP contribution in [0.5, 0.6) is 0 Å². The molecule has 1 heterocycles. The van der Waals surface area contributed by atoms with Crippen LogP contribution in [0.2, 0.25) is 0 Å². The Balaban J connectivity index is 1.50. The van der Waals surface area contributed by atoms with E-state index in [1.807, 2.05) is 0 Å². The number of hydrogen-bond acceptors (Lipinski definition) is 3. The summed E-state index contributed by atoms with van der Waals surface area (Å²) in [5.41, 5.74) is 6.07. The highest BCUT2D eigenvalue weighted by molar-refractivity contribution is 5.75. The number of amidine groups is 1. The lowest BCUT2D eigenvalue weighted by Crippen LogP contribution is -2.49. The Kier molecular flexibility index (Phi) is 7.48. The van der Waals surface area contributed by atoms with Crippen LogP contribution in [0, 0.1) is 13.8 Å². The van der Waals surface area contributed by atoms with Crippen molar-refractivity contribution in [1.29, 1.82) is 0 Å². The van der Waals surface area contributed by atoms with E-state index in [0.717, 1.165) is 51.3 Å². The minimum Gasteiger partial charge on any atom is -0.468 e. The van der Waals surface area contributed by atoms with Gasteiger partial charge in [-0.2, -0.15) is 0 Å². The molecule has 0 radical (unpaired) electrons. The molecule has 1 aliphatic heterocycles. The molecule has 1 fully saturated rings. The number of benzene rings is 2. The maximum Gasteiger partial charge on any atom is 0.292 e. The molecule has 0 spiro atoms. The first kappa shape index (κ1) is 21.1. The molecule has 0 saturated carbocycles. The molecular formula is C25H33N3O. The first-order valence-electron chi connectivity index (χ1n) is 10.4. The van der Waals surface area contributed by atoms with Gasteiger partial charge in [-0.3, -0.25) is 4.90 Å². The summed E-state index contributed by atoms with van der Waals surface area (Å²) < 4.78 is 5.60. The highest BCUT2D eigenvalue weighted by Gasteiger charge is 2.20. The Labute approximate surface area is 175 Å². The monoisotopic (exact) mass is 391 g/mol. The fourth-order valence-corrected chi connectivity index (χ4v) is 3.80. The molecule has 2 aromatic rings. The average molecular weight is 392 g/mol. The molecule has 0 N–H and O–H groups in total. The first-order valence-corrected chi connectivity index (χ1v) is 10.4. The van der Waals surface area contributed by atoms with E-state index >= 15 is 0 Å². The summed E-state index contributed by atoms with van der Waals surface area (Å²) in [6.45, 7) is 13.4. The van der Waals surface area contributed by atoms with Crippen molar-refractivity contribution in [3.05, 3.63) is 83.1 Å². The van der Waals surface area contributed by atoms with E-state index in [0.29, 0.717) is 6.02 Å². The first-order chi connectivity index (χ1) is 14.0. The van der Waals surface area contributed by atoms with Crippen LogP contribution in [0.15, 0.2) is 65.8 Å². The van der Waals surface area contributed by atoms with Gasteiger partial charge in [0.2, 0.25) is 0 Å². The summed E-state index contributed by atoms with van der Waals surface area (Å²) in [5, 5.41) is 0. The summed E-state index contributed by atoms with van der Waals surface area (Å²) in [4.78, 5) is 9.43. The van der Waals surface area contributed by atoms with Crippen molar-refractivity contribution in [2.24, 2.45) is 4.99 Å². The molecule has 29 heavy (non-hydrogen) atoms. The summed E-state index contributed by atoms with van der Waals surface area (Å²) in [6, 6.07) is 18.0. The van der Waals surface area contributed by atoms with Crippen LogP contribution in [-0.4, -0.2) is 55.7 Å². The number of aliphatic imine (C=N–C) groups is 1. The van der Waals surface area contributed by atoms with Crippen molar-refractivity contribution < 1.29 is 4.74 Å². The maximum absolute atomic E-state index is 5.60. The molecule has 0 amide bonds. The van der Waals surface area contributed by atoms with Gasteiger partial charge in [-0.05, 0) is 31.4 Å². The molecular weight excluding hydrogens is 358 g/mol. The molecule has 3 rings (SSSR count). The van der Waals surface area contributed by atoms with Crippen LogP contribution >= 0.6 is 0 Å². The van der Waals surface area contributed by atoms with Gasteiger partial charge in [-0.1, -0.05) is 66.2 Å². The van der Waals surface area contributed by atoms with Gasteiger partial charge in [0, 0.05) is 44.8 Å². The van der Waals surface area contributed by atoms with Gasteiger partial charge in [-0.15, -0.1) is 0 Å². The third-order valence-electron chi connectivity index (χ3n) is 5.37. The minimum absolute atomic E-state index is 0.681. The molecule has 0 bridgehead atoms. The Morgan fingerprint density at radius 1 is 0.966 bits per heavy atom. The van der Waals surface area contributed by atoms with E-state index in [9.17, 15) is 0 Å². The van der Waals surface area contributed by atoms with E-state index in [-0.39, 0.29) is 0 Å². The molecule has 2 aromatic carbocycles. The molecule has 4 heteroatoms. The van der Waals surface area contributed by atoms with Crippen LogP contribution in [0.3, 0.4) is 0 Å². The summed E-state index contributed by atoms with van der Waals surface area (Å²) >= 11 is 0. The SMILES string of the molecule is C=C(Cc1cccc(C)c1)N=C(OC)N1CCN(CCc2cccc(C)c2)CC1. The Morgan fingerprint density at radius 2 is 1.59 bits per heavy atom. The van der Waals surface area contributed by atoms with Gasteiger partial charge in [0.1, 0.15) is 0 Å². The maximum atomic E-state index is 5.60. The summed E-state index contributed by atoms with van der Waals surface area (Å²) in [5.74, 6) is 0. The highest BCUT2D eigenvalue weighted by Crippen LogP contribution is 2.13. The second-order valence-corrected chi connectivity index (χ2v) is 7.90. The van der Waals surface area contributed by atoms with Crippen molar-refractivity contribution in [2.45, 2.75) is 26.7 Å². The van der Waals surface area contributed by atoms with Crippen LogP contribution < -0.4 is 0 Å². The smallest absolute Gasteiger partial charge is 0.292 e. The third-order valence-corrected chi connectivity index (χ3v) is 5.37. The standard InChI is InChI=1S/C25H33N3O/c1-20-7-5-9-23(17-20)11-12-27-13-15-28(16-14-27)25(29-4)26-22(3)19-24-10-6-8-21(2)18-24/h5-10,17-18H,3,11-16,19H2,1-2,4H3. The predicted molar refractivity (Wildman–Crippen MR) is 121 cm³/mol. The number of allylic oxidation sites excluding steroid dienone is 1. The largest absolute Gasteiger partial charge is 0.468 e. The number of aryl methyl sites for hydroxylation is 2. The van der Waals surface area contributed by atoms with Gasteiger partial charge in [0.25, 0.3) is 6.02 Å². The lowest BCUT2D eigenvalue weighted by Gasteiger charge is -2.35. The third kappa shape index (κ3) is 6.47. The minimum atomic E-state index is 0.681. The van der Waals surface area contributed by atoms with E-state index in [2.05, 4.69) is 83.7 Å². The van der Waals surface area contributed by atoms with Crippen LogP contribution in [0.1, 0.15) is 22.3 Å². The molecule has 0 unspecified atom stereocenters. The van der Waals surface area contributed by atoms with Crippen molar-refractivity contribution in [1.82, 2.24) is 9.80 Å². The number of methoxy groups -OCH3 is 1. The zero-order valence-corrected chi connectivity index (χ0v) is 18.0. The van der Waals surface area contributed by atoms with Crippen molar-refractivity contribution in [2.75, 3.05) is 39.8 Å².